The minimum Gasteiger partial charge on any atom is -0.492 e. The SMILES string of the molecule is CCCCCCOc1c(C#N)ccc2c(OCCCCCC)c(C#N)ccc12. The zero-order chi connectivity index (χ0) is 20.2. The summed E-state index contributed by atoms with van der Waals surface area (Å²) in [4.78, 5) is 0. The molecule has 2 aromatic rings. The molecule has 0 saturated heterocycles. The van der Waals surface area contributed by atoms with E-state index in [0.717, 1.165) is 36.5 Å². The summed E-state index contributed by atoms with van der Waals surface area (Å²) in [7, 11) is 0. The molecule has 0 saturated carbocycles. The Bertz CT molecular complexity index is 775. The van der Waals surface area contributed by atoms with Gasteiger partial charge in [0.1, 0.15) is 23.6 Å². The van der Waals surface area contributed by atoms with E-state index in [1.165, 1.54) is 25.7 Å². The van der Waals surface area contributed by atoms with Crippen LogP contribution in [0.2, 0.25) is 0 Å². The predicted octanol–water partition coefficient (Wildman–Crippen LogP) is 6.50. The summed E-state index contributed by atoms with van der Waals surface area (Å²) in [6.07, 6.45) is 8.89. The summed E-state index contributed by atoms with van der Waals surface area (Å²) in [5.74, 6) is 1.19. The summed E-state index contributed by atoms with van der Waals surface area (Å²) < 4.78 is 12.0. The van der Waals surface area contributed by atoms with E-state index in [9.17, 15) is 10.5 Å². The van der Waals surface area contributed by atoms with Gasteiger partial charge in [-0.3, -0.25) is 0 Å². The third-order valence-corrected chi connectivity index (χ3v) is 4.83. The van der Waals surface area contributed by atoms with Crippen molar-refractivity contribution in [1.29, 1.82) is 10.5 Å². The Morgan fingerprint density at radius 3 is 1.43 bits per heavy atom. The molecule has 28 heavy (non-hydrogen) atoms. The molecule has 2 aromatic carbocycles. The second-order valence-corrected chi connectivity index (χ2v) is 7.02. The number of unbranched alkanes of at least 4 members (excludes halogenated alkanes) is 6. The van der Waals surface area contributed by atoms with E-state index in [2.05, 4.69) is 26.0 Å². The summed E-state index contributed by atoms with van der Waals surface area (Å²) in [5.41, 5.74) is 1.03. The number of fused-ring (bicyclic) bond motifs is 1. The van der Waals surface area contributed by atoms with Crippen LogP contribution >= 0.6 is 0 Å². The van der Waals surface area contributed by atoms with Gasteiger partial charge in [-0.1, -0.05) is 52.4 Å². The maximum Gasteiger partial charge on any atom is 0.144 e. The molecule has 148 valence electrons. The molecule has 0 fully saturated rings. The van der Waals surface area contributed by atoms with Gasteiger partial charge >= 0.3 is 0 Å². The van der Waals surface area contributed by atoms with Crippen LogP contribution in [0, 0.1) is 22.7 Å². The summed E-state index contributed by atoms with van der Waals surface area (Å²) in [6.45, 7) is 5.52. The van der Waals surface area contributed by atoms with E-state index >= 15 is 0 Å². The lowest BCUT2D eigenvalue weighted by atomic mass is 10.0. The number of benzene rings is 2. The number of nitriles is 2. The highest BCUT2D eigenvalue weighted by Gasteiger charge is 2.15. The summed E-state index contributed by atoms with van der Waals surface area (Å²) in [5, 5.41) is 20.7. The van der Waals surface area contributed by atoms with E-state index in [4.69, 9.17) is 9.47 Å². The second-order valence-electron chi connectivity index (χ2n) is 7.02. The smallest absolute Gasteiger partial charge is 0.144 e. The molecule has 0 radical (unpaired) electrons. The lowest BCUT2D eigenvalue weighted by Gasteiger charge is -2.15. The fourth-order valence-corrected chi connectivity index (χ4v) is 3.24. The Labute approximate surface area is 168 Å². The molecule has 0 aliphatic rings. The van der Waals surface area contributed by atoms with Crippen molar-refractivity contribution in [3.63, 3.8) is 0 Å². The standard InChI is InChI=1S/C24H30N2O2/c1-3-5-7-9-15-27-23-19(17-25)11-14-22-21(23)13-12-20(18-26)24(22)28-16-10-8-6-4-2/h11-14H,3-10,15-16H2,1-2H3. The highest BCUT2D eigenvalue weighted by molar-refractivity contribution is 5.96. The fraction of sp³-hybridized carbons (Fsp3) is 0.500. The van der Waals surface area contributed by atoms with Crippen LogP contribution in [0.1, 0.15) is 76.3 Å². The lowest BCUT2D eigenvalue weighted by molar-refractivity contribution is 0.304. The van der Waals surface area contributed by atoms with Crippen LogP contribution in [0.25, 0.3) is 10.8 Å². The topological polar surface area (TPSA) is 66.0 Å². The normalized spacial score (nSPS) is 10.4. The van der Waals surface area contributed by atoms with Crippen LogP contribution in [0.3, 0.4) is 0 Å². The van der Waals surface area contributed by atoms with E-state index in [-0.39, 0.29) is 0 Å². The average Bonchev–Trinajstić information content (AvgIpc) is 2.73. The van der Waals surface area contributed by atoms with Crippen molar-refractivity contribution in [2.75, 3.05) is 13.2 Å². The largest absolute Gasteiger partial charge is 0.492 e. The van der Waals surface area contributed by atoms with Gasteiger partial charge < -0.3 is 9.47 Å². The highest BCUT2D eigenvalue weighted by atomic mass is 16.5. The van der Waals surface area contributed by atoms with Crippen molar-refractivity contribution in [2.45, 2.75) is 65.2 Å². The second kappa shape index (κ2) is 11.9. The molecule has 0 bridgehead atoms. The molecule has 0 aliphatic heterocycles. The maximum absolute atomic E-state index is 9.50. The van der Waals surface area contributed by atoms with E-state index in [1.807, 2.05) is 12.1 Å². The molecule has 0 atom stereocenters. The van der Waals surface area contributed by atoms with Gasteiger partial charge in [0.15, 0.2) is 0 Å². The zero-order valence-corrected chi connectivity index (χ0v) is 17.1. The van der Waals surface area contributed by atoms with Crippen LogP contribution in [0.5, 0.6) is 11.5 Å². The molecule has 0 N–H and O–H groups in total. The van der Waals surface area contributed by atoms with Gasteiger partial charge in [0.05, 0.1) is 24.3 Å². The van der Waals surface area contributed by atoms with E-state index in [1.54, 1.807) is 12.1 Å². The number of ether oxygens (including phenoxy) is 2. The van der Waals surface area contributed by atoms with Gasteiger partial charge in [-0.25, -0.2) is 0 Å². The lowest BCUT2D eigenvalue weighted by Crippen LogP contribution is -2.03. The molecule has 0 spiro atoms. The number of nitrogens with zero attached hydrogens (tertiary/aromatic N) is 2. The van der Waals surface area contributed by atoms with Crippen LogP contribution in [0.15, 0.2) is 24.3 Å². The first-order chi connectivity index (χ1) is 13.8. The number of rotatable bonds is 12. The first-order valence-electron chi connectivity index (χ1n) is 10.4. The highest BCUT2D eigenvalue weighted by Crippen LogP contribution is 2.37. The molecular formula is C24H30N2O2. The molecule has 0 aromatic heterocycles. The Balaban J connectivity index is 2.29. The number of hydrogen-bond donors (Lipinski definition) is 0. The third-order valence-electron chi connectivity index (χ3n) is 4.83. The van der Waals surface area contributed by atoms with Crippen LogP contribution in [0.4, 0.5) is 0 Å². The third kappa shape index (κ3) is 5.64. The Morgan fingerprint density at radius 1 is 0.643 bits per heavy atom. The first-order valence-corrected chi connectivity index (χ1v) is 10.4. The van der Waals surface area contributed by atoms with Crippen molar-refractivity contribution >= 4 is 10.8 Å². The Morgan fingerprint density at radius 2 is 1.07 bits per heavy atom. The van der Waals surface area contributed by atoms with Crippen molar-refractivity contribution in [3.8, 4) is 23.6 Å². The monoisotopic (exact) mass is 378 g/mol. The van der Waals surface area contributed by atoms with Crippen molar-refractivity contribution < 1.29 is 9.47 Å². The summed E-state index contributed by atoms with van der Waals surface area (Å²) in [6, 6.07) is 11.7. The predicted molar refractivity (Wildman–Crippen MR) is 113 cm³/mol. The molecule has 4 nitrogen and oxygen atoms in total. The van der Waals surface area contributed by atoms with Crippen molar-refractivity contribution in [3.05, 3.63) is 35.4 Å². The molecule has 0 unspecified atom stereocenters. The molecule has 0 heterocycles. The molecule has 4 heteroatoms. The molecule has 0 aliphatic carbocycles. The summed E-state index contributed by atoms with van der Waals surface area (Å²) >= 11 is 0. The Hall–Kier alpha value is -2.72. The van der Waals surface area contributed by atoms with E-state index < -0.39 is 0 Å². The van der Waals surface area contributed by atoms with Gasteiger partial charge in [-0.15, -0.1) is 0 Å². The van der Waals surface area contributed by atoms with Gasteiger partial charge in [0.25, 0.3) is 0 Å². The van der Waals surface area contributed by atoms with Gasteiger partial charge in [-0.05, 0) is 37.1 Å². The fourth-order valence-electron chi connectivity index (χ4n) is 3.24. The Kier molecular flexibility index (Phi) is 9.16. The average molecular weight is 379 g/mol. The number of hydrogen-bond acceptors (Lipinski definition) is 4. The van der Waals surface area contributed by atoms with Crippen LogP contribution in [-0.2, 0) is 0 Å². The maximum atomic E-state index is 9.50. The van der Waals surface area contributed by atoms with Crippen LogP contribution < -0.4 is 9.47 Å². The quantitative estimate of drug-likeness (QED) is 0.395. The minimum atomic E-state index is 0.515. The zero-order valence-electron chi connectivity index (χ0n) is 17.1. The van der Waals surface area contributed by atoms with Crippen molar-refractivity contribution in [1.82, 2.24) is 0 Å². The minimum absolute atomic E-state index is 0.515. The van der Waals surface area contributed by atoms with Crippen LogP contribution in [-0.4, -0.2) is 13.2 Å². The van der Waals surface area contributed by atoms with Crippen molar-refractivity contribution in [2.24, 2.45) is 0 Å². The molecular weight excluding hydrogens is 348 g/mol. The molecule has 0 amide bonds. The van der Waals surface area contributed by atoms with Gasteiger partial charge in [0, 0.05) is 10.8 Å². The van der Waals surface area contributed by atoms with E-state index in [0.29, 0.717) is 35.8 Å². The van der Waals surface area contributed by atoms with Gasteiger partial charge in [-0.2, -0.15) is 10.5 Å². The molecule has 2 rings (SSSR count). The van der Waals surface area contributed by atoms with Gasteiger partial charge in [0.2, 0.25) is 0 Å². The first kappa shape index (κ1) is 21.6.